The van der Waals surface area contributed by atoms with Crippen LogP contribution in [-0.4, -0.2) is 104 Å². The summed E-state index contributed by atoms with van der Waals surface area (Å²) in [4.78, 5) is 35.9. The smallest absolute Gasteiger partial charge is 0.259 e. The number of carbonyl (C=O) groups excluding carboxylic acids is 2. The Labute approximate surface area is 184 Å². The molecule has 0 saturated carbocycles. The highest BCUT2D eigenvalue weighted by Crippen LogP contribution is 2.24. The quantitative estimate of drug-likeness (QED) is 0.609. The Morgan fingerprint density at radius 2 is 1.97 bits per heavy atom. The topological polar surface area (TPSA) is 84.4 Å². The molecule has 0 bridgehead atoms. The molecular formula is C22H34N4O5. The maximum atomic E-state index is 13.2. The number of hydrogen-bond acceptors (Lipinski definition) is 7. The van der Waals surface area contributed by atoms with Crippen LogP contribution in [0.25, 0.3) is 0 Å². The molecule has 9 heteroatoms. The summed E-state index contributed by atoms with van der Waals surface area (Å²) in [6.07, 6.45) is 2.68. The first-order valence-electron chi connectivity index (χ1n) is 11.0. The van der Waals surface area contributed by atoms with E-state index in [2.05, 4.69) is 9.88 Å². The van der Waals surface area contributed by atoms with Crippen LogP contribution < -0.4 is 9.47 Å². The first-order chi connectivity index (χ1) is 15.0. The summed E-state index contributed by atoms with van der Waals surface area (Å²) in [7, 11) is 3.01. The monoisotopic (exact) mass is 434 g/mol. The Balaban J connectivity index is 1.62. The Morgan fingerprint density at radius 3 is 2.65 bits per heavy atom. The first-order valence-corrected chi connectivity index (χ1v) is 11.0. The molecule has 1 aromatic rings. The molecule has 0 aromatic carbocycles. The highest BCUT2D eigenvalue weighted by atomic mass is 16.5. The number of ether oxygens (including phenoxy) is 3. The molecule has 9 nitrogen and oxygen atoms in total. The van der Waals surface area contributed by atoms with E-state index < -0.39 is 0 Å². The number of hydrogen-bond donors (Lipinski definition) is 0. The molecule has 0 spiro atoms. The summed E-state index contributed by atoms with van der Waals surface area (Å²) < 4.78 is 15.8. The van der Waals surface area contributed by atoms with Crippen molar-refractivity contribution in [2.45, 2.75) is 32.2 Å². The fourth-order valence-electron chi connectivity index (χ4n) is 4.31. The molecule has 2 aliphatic heterocycles. The Hall–Kier alpha value is -2.39. The van der Waals surface area contributed by atoms with Crippen LogP contribution >= 0.6 is 0 Å². The molecule has 1 atom stereocenters. The van der Waals surface area contributed by atoms with Crippen LogP contribution in [0.1, 0.15) is 36.5 Å². The SMILES string of the molecule is COc1ccc(C(=O)N2CCCC(N(CCCN3CCOCC3)C(C)=O)C2)c(OC)n1. The lowest BCUT2D eigenvalue weighted by Crippen LogP contribution is -2.52. The minimum atomic E-state index is -0.131. The van der Waals surface area contributed by atoms with E-state index in [1.165, 1.54) is 14.2 Å². The van der Waals surface area contributed by atoms with Crippen molar-refractivity contribution in [1.82, 2.24) is 19.7 Å². The largest absolute Gasteiger partial charge is 0.481 e. The highest BCUT2D eigenvalue weighted by Gasteiger charge is 2.31. The number of morpholine rings is 1. The van der Waals surface area contributed by atoms with Gasteiger partial charge in [0, 0.05) is 58.3 Å². The number of carbonyl (C=O) groups is 2. The maximum Gasteiger partial charge on any atom is 0.259 e. The van der Waals surface area contributed by atoms with E-state index in [0.717, 1.165) is 52.1 Å². The number of rotatable bonds is 8. The van der Waals surface area contributed by atoms with Crippen LogP contribution in [0.15, 0.2) is 12.1 Å². The predicted molar refractivity (Wildman–Crippen MR) is 116 cm³/mol. The van der Waals surface area contributed by atoms with E-state index in [0.29, 0.717) is 31.1 Å². The summed E-state index contributed by atoms with van der Waals surface area (Å²) in [5.41, 5.74) is 0.408. The van der Waals surface area contributed by atoms with Crippen molar-refractivity contribution in [1.29, 1.82) is 0 Å². The average molecular weight is 435 g/mol. The van der Waals surface area contributed by atoms with Crippen molar-refractivity contribution in [3.8, 4) is 11.8 Å². The second kappa shape index (κ2) is 11.3. The molecule has 31 heavy (non-hydrogen) atoms. The lowest BCUT2D eigenvalue weighted by molar-refractivity contribution is -0.132. The minimum Gasteiger partial charge on any atom is -0.481 e. The van der Waals surface area contributed by atoms with Gasteiger partial charge in [-0.2, -0.15) is 4.98 Å². The van der Waals surface area contributed by atoms with Gasteiger partial charge in [-0.15, -0.1) is 0 Å². The number of piperidine rings is 1. The number of likely N-dealkylation sites (tertiary alicyclic amines) is 1. The fourth-order valence-corrected chi connectivity index (χ4v) is 4.31. The third kappa shape index (κ3) is 6.07. The van der Waals surface area contributed by atoms with Crippen LogP contribution in [0.2, 0.25) is 0 Å². The number of aromatic nitrogens is 1. The van der Waals surface area contributed by atoms with Crippen LogP contribution in [0.3, 0.4) is 0 Å². The molecule has 3 heterocycles. The van der Waals surface area contributed by atoms with Crippen molar-refractivity contribution >= 4 is 11.8 Å². The summed E-state index contributed by atoms with van der Waals surface area (Å²) in [5, 5.41) is 0. The first kappa shape index (κ1) is 23.3. The fraction of sp³-hybridized carbons (Fsp3) is 0.682. The van der Waals surface area contributed by atoms with E-state index in [-0.39, 0.29) is 23.7 Å². The Morgan fingerprint density at radius 1 is 1.19 bits per heavy atom. The second-order valence-corrected chi connectivity index (χ2v) is 7.98. The van der Waals surface area contributed by atoms with Crippen LogP contribution in [-0.2, 0) is 9.53 Å². The van der Waals surface area contributed by atoms with Crippen molar-refractivity contribution in [3.63, 3.8) is 0 Å². The van der Waals surface area contributed by atoms with Gasteiger partial charge in [-0.25, -0.2) is 0 Å². The molecule has 1 unspecified atom stereocenters. The molecule has 172 valence electrons. The van der Waals surface area contributed by atoms with Crippen molar-refractivity contribution in [3.05, 3.63) is 17.7 Å². The number of amides is 2. The Kier molecular flexibility index (Phi) is 8.48. The lowest BCUT2D eigenvalue weighted by Gasteiger charge is -2.39. The molecule has 2 fully saturated rings. The van der Waals surface area contributed by atoms with Gasteiger partial charge in [0.25, 0.3) is 5.91 Å². The molecular weight excluding hydrogens is 400 g/mol. The lowest BCUT2D eigenvalue weighted by atomic mass is 10.0. The summed E-state index contributed by atoms with van der Waals surface area (Å²) in [5.74, 6) is 0.576. The van der Waals surface area contributed by atoms with Gasteiger partial charge in [0.15, 0.2) is 0 Å². The molecule has 3 rings (SSSR count). The van der Waals surface area contributed by atoms with Crippen molar-refractivity contribution in [2.24, 2.45) is 0 Å². The normalized spacial score (nSPS) is 19.7. The van der Waals surface area contributed by atoms with E-state index >= 15 is 0 Å². The summed E-state index contributed by atoms with van der Waals surface area (Å²) in [6, 6.07) is 3.36. The summed E-state index contributed by atoms with van der Waals surface area (Å²) >= 11 is 0. The molecule has 0 N–H and O–H groups in total. The van der Waals surface area contributed by atoms with Crippen molar-refractivity contribution < 1.29 is 23.8 Å². The van der Waals surface area contributed by atoms with Gasteiger partial charge in [-0.3, -0.25) is 14.5 Å². The van der Waals surface area contributed by atoms with E-state index in [1.807, 2.05) is 4.90 Å². The van der Waals surface area contributed by atoms with E-state index in [1.54, 1.807) is 24.0 Å². The molecule has 0 aliphatic carbocycles. The molecule has 2 saturated heterocycles. The van der Waals surface area contributed by atoms with E-state index in [9.17, 15) is 9.59 Å². The number of nitrogens with zero attached hydrogens (tertiary/aromatic N) is 4. The molecule has 2 amide bonds. The minimum absolute atomic E-state index is 0.0251. The van der Waals surface area contributed by atoms with Gasteiger partial charge in [-0.1, -0.05) is 0 Å². The third-order valence-corrected chi connectivity index (χ3v) is 5.97. The second-order valence-electron chi connectivity index (χ2n) is 7.98. The predicted octanol–water partition coefficient (Wildman–Crippen LogP) is 1.27. The summed E-state index contributed by atoms with van der Waals surface area (Å²) in [6.45, 7) is 7.90. The van der Waals surface area contributed by atoms with Crippen LogP contribution in [0, 0.1) is 0 Å². The van der Waals surface area contributed by atoms with Gasteiger partial charge in [0.2, 0.25) is 17.7 Å². The van der Waals surface area contributed by atoms with Crippen LogP contribution in [0.4, 0.5) is 0 Å². The van der Waals surface area contributed by atoms with E-state index in [4.69, 9.17) is 14.2 Å². The number of pyridine rings is 1. The van der Waals surface area contributed by atoms with Crippen molar-refractivity contribution in [2.75, 3.05) is 66.7 Å². The molecule has 0 radical (unpaired) electrons. The molecule has 1 aromatic heterocycles. The van der Waals surface area contributed by atoms with Gasteiger partial charge in [0.05, 0.1) is 27.4 Å². The zero-order valence-electron chi connectivity index (χ0n) is 18.8. The number of methoxy groups -OCH3 is 2. The third-order valence-electron chi connectivity index (χ3n) is 5.97. The zero-order valence-corrected chi connectivity index (χ0v) is 18.8. The Bertz CT molecular complexity index is 753. The van der Waals surface area contributed by atoms with Gasteiger partial charge < -0.3 is 24.0 Å². The van der Waals surface area contributed by atoms with Crippen LogP contribution in [0.5, 0.6) is 11.8 Å². The van der Waals surface area contributed by atoms with Gasteiger partial charge in [-0.05, 0) is 25.3 Å². The van der Waals surface area contributed by atoms with Gasteiger partial charge in [0.1, 0.15) is 5.56 Å². The maximum absolute atomic E-state index is 13.2. The average Bonchev–Trinajstić information content (AvgIpc) is 2.81. The van der Waals surface area contributed by atoms with Gasteiger partial charge >= 0.3 is 0 Å². The zero-order chi connectivity index (χ0) is 22.2. The highest BCUT2D eigenvalue weighted by molar-refractivity contribution is 5.96. The molecule has 2 aliphatic rings. The standard InChI is InChI=1S/C22H34N4O5/c1-17(27)26(11-5-9-24-12-14-31-15-13-24)18-6-4-10-25(16-18)22(28)19-7-8-20(29-2)23-21(19)30-3/h7-8,18H,4-6,9-16H2,1-3H3.